The van der Waals surface area contributed by atoms with Crippen molar-refractivity contribution in [3.63, 3.8) is 0 Å². The molecule has 1 aliphatic heterocycles. The third kappa shape index (κ3) is 4.67. The molecule has 0 bridgehead atoms. The predicted octanol–water partition coefficient (Wildman–Crippen LogP) is 3.03. The number of rotatable bonds is 7. The number of nitrogens with one attached hydrogen (secondary N) is 1. The van der Waals surface area contributed by atoms with Crippen molar-refractivity contribution in [3.8, 4) is 5.69 Å². The minimum absolute atomic E-state index is 0.0817. The van der Waals surface area contributed by atoms with Gasteiger partial charge in [-0.1, -0.05) is 19.9 Å². The Kier molecular flexibility index (Phi) is 5.83. The summed E-state index contributed by atoms with van der Waals surface area (Å²) in [4.78, 5) is 16.7. The molecule has 2 aromatic rings. The maximum atomic E-state index is 12.7. The van der Waals surface area contributed by atoms with Crippen molar-refractivity contribution < 1.29 is 14.3 Å². The Morgan fingerprint density at radius 2 is 2.36 bits per heavy atom. The molecule has 0 saturated carbocycles. The van der Waals surface area contributed by atoms with Crippen LogP contribution in [0.25, 0.3) is 5.69 Å². The van der Waals surface area contributed by atoms with E-state index >= 15 is 0 Å². The molecule has 1 N–H and O–H groups in total. The first kappa shape index (κ1) is 17.6. The average molecular weight is 343 g/mol. The highest BCUT2D eigenvalue weighted by Crippen LogP contribution is 2.18. The third-order valence-corrected chi connectivity index (χ3v) is 4.27. The van der Waals surface area contributed by atoms with Gasteiger partial charge >= 0.3 is 0 Å². The molecule has 1 aliphatic rings. The van der Waals surface area contributed by atoms with Crippen molar-refractivity contribution in [2.45, 2.75) is 38.9 Å². The summed E-state index contributed by atoms with van der Waals surface area (Å²) in [6, 6.07) is 7.65. The lowest BCUT2D eigenvalue weighted by molar-refractivity contribution is -0.132. The second-order valence-electron chi connectivity index (χ2n) is 6.64. The Hall–Kier alpha value is -2.18. The molecule has 134 valence electrons. The molecule has 0 aliphatic carbocycles. The van der Waals surface area contributed by atoms with Crippen molar-refractivity contribution in [2.24, 2.45) is 5.92 Å². The average Bonchev–Trinajstić information content (AvgIpc) is 3.29. The Morgan fingerprint density at radius 3 is 3.04 bits per heavy atom. The first-order valence-corrected chi connectivity index (χ1v) is 8.76. The summed E-state index contributed by atoms with van der Waals surface area (Å²) in [6.07, 6.45) is 6.98. The van der Waals surface area contributed by atoms with Crippen LogP contribution in [0.4, 0.5) is 5.69 Å². The van der Waals surface area contributed by atoms with Crippen LogP contribution in [0.5, 0.6) is 0 Å². The largest absolute Gasteiger partial charge is 0.376 e. The zero-order valence-corrected chi connectivity index (χ0v) is 14.7. The van der Waals surface area contributed by atoms with Crippen LogP contribution in [0.15, 0.2) is 43.0 Å². The number of amides is 1. The molecule has 6 heteroatoms. The molecule has 2 unspecified atom stereocenters. The summed E-state index contributed by atoms with van der Waals surface area (Å²) < 4.78 is 13.3. The van der Waals surface area contributed by atoms with Crippen LogP contribution in [0.1, 0.15) is 26.7 Å². The third-order valence-electron chi connectivity index (χ3n) is 4.27. The molecular formula is C19H25N3O3. The van der Waals surface area contributed by atoms with Crippen LogP contribution in [-0.4, -0.2) is 40.9 Å². The fraction of sp³-hybridized carbons (Fsp3) is 0.474. The van der Waals surface area contributed by atoms with E-state index in [0.717, 1.165) is 30.8 Å². The van der Waals surface area contributed by atoms with Crippen LogP contribution in [-0.2, 0) is 14.3 Å². The number of hydrogen-bond donors (Lipinski definition) is 1. The van der Waals surface area contributed by atoms with Crippen molar-refractivity contribution in [1.82, 2.24) is 9.55 Å². The van der Waals surface area contributed by atoms with Crippen LogP contribution < -0.4 is 5.32 Å². The summed E-state index contributed by atoms with van der Waals surface area (Å²) in [5.74, 6) is -0.0472. The summed E-state index contributed by atoms with van der Waals surface area (Å²) in [5, 5.41) is 2.96. The van der Waals surface area contributed by atoms with Gasteiger partial charge in [0, 0.05) is 30.4 Å². The van der Waals surface area contributed by atoms with E-state index in [1.165, 1.54) is 0 Å². The van der Waals surface area contributed by atoms with Crippen LogP contribution in [0.3, 0.4) is 0 Å². The maximum Gasteiger partial charge on any atom is 0.253 e. The Bertz CT molecular complexity index is 679. The molecule has 1 fully saturated rings. The van der Waals surface area contributed by atoms with E-state index in [9.17, 15) is 4.79 Å². The lowest BCUT2D eigenvalue weighted by Gasteiger charge is -2.22. The minimum Gasteiger partial charge on any atom is -0.376 e. The molecule has 25 heavy (non-hydrogen) atoms. The number of hydrogen-bond acceptors (Lipinski definition) is 4. The molecule has 3 rings (SSSR count). The molecule has 1 amide bonds. The van der Waals surface area contributed by atoms with Gasteiger partial charge in [0.1, 0.15) is 6.10 Å². The predicted molar refractivity (Wildman–Crippen MR) is 95.7 cm³/mol. The molecule has 1 aromatic carbocycles. The fourth-order valence-electron chi connectivity index (χ4n) is 2.93. The SMILES string of the molecule is CC(C)C(OCC1CCCO1)C(=O)Nc1cccc(-n2ccnc2)c1. The summed E-state index contributed by atoms with van der Waals surface area (Å²) in [7, 11) is 0. The van der Waals surface area contributed by atoms with E-state index in [1.807, 2.05) is 48.9 Å². The topological polar surface area (TPSA) is 65.4 Å². The molecule has 2 heterocycles. The standard InChI is InChI=1S/C19H25N3O3/c1-14(2)18(25-12-17-7-4-10-24-17)19(23)21-15-5-3-6-16(11-15)22-9-8-20-13-22/h3,5-6,8-9,11,13-14,17-18H,4,7,10,12H2,1-2H3,(H,21,23). The fourth-order valence-corrected chi connectivity index (χ4v) is 2.93. The maximum absolute atomic E-state index is 12.7. The van der Waals surface area contributed by atoms with Gasteiger partial charge < -0.3 is 19.4 Å². The van der Waals surface area contributed by atoms with E-state index < -0.39 is 6.10 Å². The molecular weight excluding hydrogens is 318 g/mol. The lowest BCUT2D eigenvalue weighted by Crippen LogP contribution is -2.36. The summed E-state index contributed by atoms with van der Waals surface area (Å²) >= 11 is 0. The second-order valence-corrected chi connectivity index (χ2v) is 6.64. The highest BCUT2D eigenvalue weighted by atomic mass is 16.5. The molecule has 2 atom stereocenters. The van der Waals surface area contributed by atoms with Gasteiger partial charge in [0.05, 0.1) is 19.0 Å². The van der Waals surface area contributed by atoms with E-state index in [4.69, 9.17) is 9.47 Å². The number of imidazole rings is 1. The Labute approximate surface area is 148 Å². The van der Waals surface area contributed by atoms with Gasteiger partial charge in [-0.25, -0.2) is 4.98 Å². The normalized spacial score (nSPS) is 18.4. The van der Waals surface area contributed by atoms with Gasteiger partial charge in [-0.15, -0.1) is 0 Å². The smallest absolute Gasteiger partial charge is 0.253 e. The number of benzene rings is 1. The number of nitrogens with zero attached hydrogens (tertiary/aromatic N) is 2. The number of carbonyl (C=O) groups excluding carboxylic acids is 1. The molecule has 1 aromatic heterocycles. The van der Waals surface area contributed by atoms with Crippen molar-refractivity contribution in [2.75, 3.05) is 18.5 Å². The monoisotopic (exact) mass is 343 g/mol. The number of ether oxygens (including phenoxy) is 2. The van der Waals surface area contributed by atoms with Gasteiger partial charge in [-0.05, 0) is 37.0 Å². The highest BCUT2D eigenvalue weighted by Gasteiger charge is 2.26. The zero-order valence-electron chi connectivity index (χ0n) is 14.7. The highest BCUT2D eigenvalue weighted by molar-refractivity contribution is 5.94. The van der Waals surface area contributed by atoms with Crippen molar-refractivity contribution >= 4 is 11.6 Å². The minimum atomic E-state index is -0.499. The van der Waals surface area contributed by atoms with Crippen LogP contribution in [0.2, 0.25) is 0 Å². The summed E-state index contributed by atoms with van der Waals surface area (Å²) in [6.45, 7) is 5.22. The Balaban J connectivity index is 1.63. The second kappa shape index (κ2) is 8.27. The zero-order chi connectivity index (χ0) is 17.6. The van der Waals surface area contributed by atoms with E-state index in [0.29, 0.717) is 6.61 Å². The molecule has 1 saturated heterocycles. The van der Waals surface area contributed by atoms with Gasteiger partial charge in [0.25, 0.3) is 5.91 Å². The lowest BCUT2D eigenvalue weighted by atomic mass is 10.1. The molecule has 0 spiro atoms. The molecule has 6 nitrogen and oxygen atoms in total. The van der Waals surface area contributed by atoms with Crippen molar-refractivity contribution in [1.29, 1.82) is 0 Å². The van der Waals surface area contributed by atoms with Crippen molar-refractivity contribution in [3.05, 3.63) is 43.0 Å². The van der Waals surface area contributed by atoms with E-state index in [-0.39, 0.29) is 17.9 Å². The van der Waals surface area contributed by atoms with Crippen LogP contribution >= 0.6 is 0 Å². The van der Waals surface area contributed by atoms with Gasteiger partial charge in [-0.3, -0.25) is 4.79 Å². The first-order valence-electron chi connectivity index (χ1n) is 8.76. The quantitative estimate of drug-likeness (QED) is 0.839. The van der Waals surface area contributed by atoms with Crippen LogP contribution in [0, 0.1) is 5.92 Å². The number of aromatic nitrogens is 2. The van der Waals surface area contributed by atoms with Gasteiger partial charge in [0.15, 0.2) is 0 Å². The molecule has 0 radical (unpaired) electrons. The van der Waals surface area contributed by atoms with E-state index in [1.54, 1.807) is 12.5 Å². The Morgan fingerprint density at radius 1 is 1.48 bits per heavy atom. The summed E-state index contributed by atoms with van der Waals surface area (Å²) in [5.41, 5.74) is 1.68. The number of carbonyl (C=O) groups is 1. The first-order chi connectivity index (χ1) is 12.1. The van der Waals surface area contributed by atoms with E-state index in [2.05, 4.69) is 10.3 Å². The van der Waals surface area contributed by atoms with Gasteiger partial charge in [0.2, 0.25) is 0 Å². The van der Waals surface area contributed by atoms with Gasteiger partial charge in [-0.2, -0.15) is 0 Å². The number of anilines is 1.